The number of benzene rings is 1. The third-order valence-electron chi connectivity index (χ3n) is 1.45. The van der Waals surface area contributed by atoms with Crippen LogP contribution in [-0.4, -0.2) is 0 Å². The summed E-state index contributed by atoms with van der Waals surface area (Å²) in [6.07, 6.45) is 1.92. The first kappa shape index (κ1) is 5.12. The lowest BCUT2D eigenvalue weighted by Crippen LogP contribution is -1.92. The Labute approximate surface area is 58.6 Å². The monoisotopic (exact) mass is 134 g/mol. The first-order valence-corrected chi connectivity index (χ1v) is 3.67. The summed E-state index contributed by atoms with van der Waals surface area (Å²) >= 11 is 1.83. The van der Waals surface area contributed by atoms with E-state index in [1.54, 1.807) is 0 Å². The van der Waals surface area contributed by atoms with Gasteiger partial charge >= 0.3 is 0 Å². The van der Waals surface area contributed by atoms with Crippen molar-refractivity contribution in [2.75, 3.05) is 0 Å². The van der Waals surface area contributed by atoms with Gasteiger partial charge in [-0.15, -0.1) is 0 Å². The average Bonchev–Trinajstić information content (AvgIpc) is 1.90. The molecule has 0 nitrogen and oxygen atoms in total. The Bertz CT molecular complexity index is 243. The molecule has 2 heterocycles. The maximum absolute atomic E-state index is 3.72. The van der Waals surface area contributed by atoms with Crippen molar-refractivity contribution in [1.29, 1.82) is 0 Å². The van der Waals surface area contributed by atoms with Crippen molar-refractivity contribution in [3.8, 4) is 0 Å². The van der Waals surface area contributed by atoms with Gasteiger partial charge in [0.05, 0.1) is 0 Å². The maximum atomic E-state index is 3.72. The van der Waals surface area contributed by atoms with Crippen molar-refractivity contribution in [2.24, 2.45) is 0 Å². The van der Waals surface area contributed by atoms with Crippen molar-refractivity contribution in [1.82, 2.24) is 0 Å². The Morgan fingerprint density at radius 1 is 1.33 bits per heavy atom. The lowest BCUT2D eigenvalue weighted by atomic mass is 10.2. The molecule has 0 unspecified atom stereocenters. The van der Waals surface area contributed by atoms with E-state index in [4.69, 9.17) is 0 Å². The Balaban J connectivity index is 2.67. The standard InChI is InChI=1S/C8H6S/c1-2-6-7-4-3-5-8(6)9-7/h2-5H,1H2. The molecule has 0 atom stereocenters. The van der Waals surface area contributed by atoms with Crippen molar-refractivity contribution in [2.45, 2.75) is 9.79 Å². The highest BCUT2D eigenvalue weighted by molar-refractivity contribution is 8.00. The minimum atomic E-state index is 1.32. The van der Waals surface area contributed by atoms with Gasteiger partial charge in [0.25, 0.3) is 0 Å². The molecule has 0 saturated heterocycles. The molecule has 0 fully saturated rings. The summed E-state index contributed by atoms with van der Waals surface area (Å²) in [6.45, 7) is 3.72. The molecule has 0 aromatic heterocycles. The summed E-state index contributed by atoms with van der Waals surface area (Å²) in [5, 5.41) is 0. The van der Waals surface area contributed by atoms with Crippen LogP contribution in [0.2, 0.25) is 0 Å². The molecule has 2 aliphatic heterocycles. The molecule has 0 saturated carbocycles. The quantitative estimate of drug-likeness (QED) is 0.578. The SMILES string of the molecule is C=Cc1c2cccc1S2. The molecule has 2 bridgehead atoms. The van der Waals surface area contributed by atoms with Gasteiger partial charge in [0, 0.05) is 15.4 Å². The van der Waals surface area contributed by atoms with Gasteiger partial charge in [-0.2, -0.15) is 0 Å². The highest BCUT2D eigenvalue weighted by atomic mass is 32.2. The molecule has 1 heteroatoms. The normalized spacial score (nSPS) is 12.4. The first-order valence-electron chi connectivity index (χ1n) is 2.85. The van der Waals surface area contributed by atoms with E-state index in [0.29, 0.717) is 0 Å². The fourth-order valence-corrected chi connectivity index (χ4v) is 1.96. The lowest BCUT2D eigenvalue weighted by Gasteiger charge is -2.18. The number of hydrogen-bond acceptors (Lipinski definition) is 1. The predicted octanol–water partition coefficient (Wildman–Crippen LogP) is 2.79. The maximum Gasteiger partial charge on any atom is 0.0206 e. The van der Waals surface area contributed by atoms with E-state index in [9.17, 15) is 0 Å². The van der Waals surface area contributed by atoms with E-state index >= 15 is 0 Å². The summed E-state index contributed by atoms with van der Waals surface area (Å²) < 4.78 is 0. The molecule has 2 aliphatic rings. The minimum absolute atomic E-state index is 1.32. The summed E-state index contributed by atoms with van der Waals surface area (Å²) in [7, 11) is 0. The van der Waals surface area contributed by atoms with E-state index in [-0.39, 0.29) is 0 Å². The van der Waals surface area contributed by atoms with Gasteiger partial charge in [0.15, 0.2) is 0 Å². The van der Waals surface area contributed by atoms with Gasteiger partial charge in [0.1, 0.15) is 0 Å². The topological polar surface area (TPSA) is 0 Å². The van der Waals surface area contributed by atoms with Crippen LogP contribution < -0.4 is 0 Å². The van der Waals surface area contributed by atoms with Crippen LogP contribution in [0.3, 0.4) is 0 Å². The molecule has 1 aromatic carbocycles. The number of rotatable bonds is 1. The van der Waals surface area contributed by atoms with Gasteiger partial charge in [-0.3, -0.25) is 0 Å². The summed E-state index contributed by atoms with van der Waals surface area (Å²) in [5.74, 6) is 0. The van der Waals surface area contributed by atoms with Crippen LogP contribution in [0.1, 0.15) is 5.56 Å². The molecule has 0 N–H and O–H groups in total. The Kier molecular flexibility index (Phi) is 0.935. The second-order valence-electron chi connectivity index (χ2n) is 1.97. The third kappa shape index (κ3) is 0.553. The summed E-state index contributed by atoms with van der Waals surface area (Å²) in [4.78, 5) is 2.73. The van der Waals surface area contributed by atoms with E-state index < -0.39 is 0 Å². The van der Waals surface area contributed by atoms with Crippen LogP contribution in [0.4, 0.5) is 0 Å². The molecule has 9 heavy (non-hydrogen) atoms. The molecule has 44 valence electrons. The van der Waals surface area contributed by atoms with Crippen LogP contribution in [0.5, 0.6) is 0 Å². The lowest BCUT2D eigenvalue weighted by molar-refractivity contribution is 1.23. The Morgan fingerprint density at radius 3 is 2.33 bits per heavy atom. The van der Waals surface area contributed by atoms with Crippen LogP contribution in [0.15, 0.2) is 34.6 Å². The number of fused-ring (bicyclic) bond motifs is 2. The fourth-order valence-electron chi connectivity index (χ4n) is 0.975. The highest BCUT2D eigenvalue weighted by Gasteiger charge is 2.15. The molecule has 1 aromatic rings. The molecule has 0 amide bonds. The van der Waals surface area contributed by atoms with Crippen LogP contribution in [0.25, 0.3) is 6.08 Å². The van der Waals surface area contributed by atoms with E-state index in [2.05, 4.69) is 24.8 Å². The first-order chi connectivity index (χ1) is 4.42. The smallest absolute Gasteiger partial charge is 0.0206 e. The largest absolute Gasteiger partial charge is 0.0984 e. The second-order valence-corrected chi connectivity index (χ2v) is 3.06. The molecule has 0 radical (unpaired) electrons. The zero-order valence-electron chi connectivity index (χ0n) is 4.92. The Morgan fingerprint density at radius 2 is 2.00 bits per heavy atom. The average molecular weight is 134 g/mol. The second kappa shape index (κ2) is 1.64. The van der Waals surface area contributed by atoms with Gasteiger partial charge in [0.2, 0.25) is 0 Å². The van der Waals surface area contributed by atoms with Crippen molar-refractivity contribution < 1.29 is 0 Å². The van der Waals surface area contributed by atoms with Crippen molar-refractivity contribution in [3.63, 3.8) is 0 Å². The predicted molar refractivity (Wildman–Crippen MR) is 40.7 cm³/mol. The van der Waals surface area contributed by atoms with Crippen molar-refractivity contribution in [3.05, 3.63) is 30.3 Å². The van der Waals surface area contributed by atoms with E-state index in [1.807, 2.05) is 17.8 Å². The molecule has 0 aliphatic carbocycles. The van der Waals surface area contributed by atoms with Crippen LogP contribution in [-0.2, 0) is 0 Å². The van der Waals surface area contributed by atoms with Gasteiger partial charge in [-0.1, -0.05) is 30.5 Å². The minimum Gasteiger partial charge on any atom is -0.0984 e. The zero-order chi connectivity index (χ0) is 6.27. The van der Waals surface area contributed by atoms with Gasteiger partial charge in [-0.05, 0) is 12.1 Å². The van der Waals surface area contributed by atoms with Crippen LogP contribution >= 0.6 is 11.8 Å². The third-order valence-corrected chi connectivity index (χ3v) is 2.60. The molecular formula is C8H6S. The van der Waals surface area contributed by atoms with Gasteiger partial charge in [-0.25, -0.2) is 0 Å². The molecule has 3 rings (SSSR count). The number of hydrogen-bond donors (Lipinski definition) is 0. The van der Waals surface area contributed by atoms with Crippen molar-refractivity contribution >= 4 is 17.8 Å². The van der Waals surface area contributed by atoms with Gasteiger partial charge < -0.3 is 0 Å². The van der Waals surface area contributed by atoms with E-state index in [1.165, 1.54) is 15.4 Å². The Hall–Kier alpha value is -0.690. The molecular weight excluding hydrogens is 128 g/mol. The van der Waals surface area contributed by atoms with Crippen LogP contribution in [0, 0.1) is 0 Å². The fraction of sp³-hybridized carbons (Fsp3) is 0. The zero-order valence-corrected chi connectivity index (χ0v) is 5.74. The van der Waals surface area contributed by atoms with E-state index in [0.717, 1.165) is 0 Å². The molecule has 0 spiro atoms. The highest BCUT2D eigenvalue weighted by Crippen LogP contribution is 2.44. The summed E-state index contributed by atoms with van der Waals surface area (Å²) in [5.41, 5.74) is 1.32. The summed E-state index contributed by atoms with van der Waals surface area (Å²) in [6, 6.07) is 6.32.